The molecular weight excluding hydrogens is 362 g/mol. The fraction of sp³-hybridized carbons (Fsp3) is 1.00. The molecule has 0 aliphatic heterocycles. The standard InChI is InChI=1S/C5H12I2.4CH4/c1-4-7-5(2)6-3;;;;/h5H,4H2,1-3H3;4*1H4/q-2;;;;. The number of rotatable bonds is 3. The molecule has 0 spiro atoms. The molecule has 1 atom stereocenters. The van der Waals surface area contributed by atoms with Crippen molar-refractivity contribution in [2.75, 3.05) is 9.36 Å². The van der Waals surface area contributed by atoms with E-state index in [1.807, 2.05) is 0 Å². The van der Waals surface area contributed by atoms with Gasteiger partial charge < -0.3 is 0 Å². The van der Waals surface area contributed by atoms with Crippen molar-refractivity contribution in [1.82, 2.24) is 0 Å². The summed E-state index contributed by atoms with van der Waals surface area (Å²) in [7, 11) is 0. The van der Waals surface area contributed by atoms with Crippen LogP contribution in [0.25, 0.3) is 0 Å². The normalized spacial score (nSPS) is 9.73. The Morgan fingerprint density at radius 2 is 1.45 bits per heavy atom. The molecule has 0 fully saturated rings. The number of halogens is 2. The van der Waals surface area contributed by atoms with Gasteiger partial charge >= 0.3 is 67.5 Å². The minimum absolute atomic E-state index is 0. The molecule has 0 saturated heterocycles. The first kappa shape index (κ1) is 29.4. The number of hydrogen-bond acceptors (Lipinski definition) is 0. The predicted octanol–water partition coefficient (Wildman–Crippen LogP) is -2.30. The van der Waals surface area contributed by atoms with Crippen LogP contribution in [-0.2, 0) is 0 Å². The van der Waals surface area contributed by atoms with Crippen LogP contribution in [0.2, 0.25) is 0 Å². The van der Waals surface area contributed by atoms with Gasteiger partial charge in [-0.3, -0.25) is 0 Å². The summed E-state index contributed by atoms with van der Waals surface area (Å²) in [6.07, 6.45) is 0. The first-order valence-corrected chi connectivity index (χ1v) is 8.54. The van der Waals surface area contributed by atoms with Gasteiger partial charge in [-0.15, -0.1) is 0 Å². The summed E-state index contributed by atoms with van der Waals surface area (Å²) < 4.78 is 2.65. The van der Waals surface area contributed by atoms with Crippen LogP contribution in [-0.4, -0.2) is 11.3 Å². The van der Waals surface area contributed by atoms with Gasteiger partial charge in [0.15, 0.2) is 0 Å². The van der Waals surface area contributed by atoms with Gasteiger partial charge in [-0.1, -0.05) is 29.7 Å². The van der Waals surface area contributed by atoms with Gasteiger partial charge in [-0.25, -0.2) is 0 Å². The summed E-state index contributed by atoms with van der Waals surface area (Å²) in [4.78, 5) is 2.39. The number of alkyl halides is 4. The van der Waals surface area contributed by atoms with Crippen LogP contribution in [0.1, 0.15) is 43.6 Å². The van der Waals surface area contributed by atoms with E-state index in [-0.39, 0.29) is 29.7 Å². The summed E-state index contributed by atoms with van der Waals surface area (Å²) in [5.41, 5.74) is 0. The maximum atomic E-state index is 2.41. The van der Waals surface area contributed by atoms with Gasteiger partial charge in [0.25, 0.3) is 0 Å². The number of hydrogen-bond donors (Lipinski definition) is 0. The fourth-order valence-electron chi connectivity index (χ4n) is 0.271. The van der Waals surface area contributed by atoms with Crippen molar-refractivity contribution in [3.8, 4) is 0 Å². The van der Waals surface area contributed by atoms with Crippen LogP contribution < -0.4 is 42.4 Å². The topological polar surface area (TPSA) is 0 Å². The van der Waals surface area contributed by atoms with E-state index >= 15 is 0 Å². The van der Waals surface area contributed by atoms with Crippen LogP contribution in [0.15, 0.2) is 0 Å². The van der Waals surface area contributed by atoms with E-state index in [0.717, 1.165) is 0 Å². The van der Waals surface area contributed by atoms with Gasteiger partial charge in [0.1, 0.15) is 0 Å². The molecule has 0 radical (unpaired) electrons. The summed E-state index contributed by atoms with van der Waals surface area (Å²) >= 11 is 1.20. The average Bonchev–Trinajstić information content (AvgIpc) is 1.68. The van der Waals surface area contributed by atoms with E-state index in [0.29, 0.717) is 42.4 Å². The maximum absolute atomic E-state index is 2.41. The Kier molecular flexibility index (Phi) is 60.2. The molecule has 0 aliphatic carbocycles. The first-order valence-electron chi connectivity index (χ1n) is 2.37. The predicted molar refractivity (Wildman–Crippen MR) is 52.9 cm³/mol. The van der Waals surface area contributed by atoms with Crippen molar-refractivity contribution < 1.29 is 42.4 Å². The summed E-state index contributed by atoms with van der Waals surface area (Å²) in [5, 5.41) is 0. The Bertz CT molecular complexity index is 38.5. The van der Waals surface area contributed by atoms with Crippen molar-refractivity contribution in [3.05, 3.63) is 0 Å². The van der Waals surface area contributed by atoms with Crippen LogP contribution in [0, 0.1) is 0 Å². The van der Waals surface area contributed by atoms with E-state index in [1.165, 1.54) is 6.36 Å². The molecule has 0 aliphatic rings. The molecule has 0 rings (SSSR count). The van der Waals surface area contributed by atoms with E-state index in [4.69, 9.17) is 0 Å². The van der Waals surface area contributed by atoms with Crippen molar-refractivity contribution >= 4 is 0 Å². The van der Waals surface area contributed by atoms with Crippen molar-refractivity contribution in [1.29, 1.82) is 0 Å². The molecule has 0 nitrogen and oxygen atoms in total. The second-order valence-corrected chi connectivity index (χ2v) is 10.9. The first-order chi connectivity index (χ1) is 3.31. The van der Waals surface area contributed by atoms with Crippen molar-refractivity contribution in [2.24, 2.45) is 0 Å². The Morgan fingerprint density at radius 1 is 1.09 bits per heavy atom. The molecule has 1 unspecified atom stereocenters. The van der Waals surface area contributed by atoms with Crippen LogP contribution in [0.5, 0.6) is 0 Å². The van der Waals surface area contributed by atoms with E-state index in [2.05, 4.69) is 18.8 Å². The van der Waals surface area contributed by atoms with Crippen molar-refractivity contribution in [2.45, 2.75) is 45.5 Å². The summed E-state index contributed by atoms with van der Waals surface area (Å²) in [6.45, 7) is 4.72. The molecule has 0 amide bonds. The molecule has 0 bridgehead atoms. The molecule has 0 saturated carbocycles. The monoisotopic (exact) mass is 390 g/mol. The van der Waals surface area contributed by atoms with E-state index in [9.17, 15) is 0 Å². The Labute approximate surface area is 96.5 Å². The van der Waals surface area contributed by atoms with Crippen LogP contribution in [0.3, 0.4) is 0 Å². The Morgan fingerprint density at radius 3 is 1.55 bits per heavy atom. The zero-order valence-corrected chi connectivity index (χ0v) is 9.36. The van der Waals surface area contributed by atoms with Crippen molar-refractivity contribution in [3.63, 3.8) is 0 Å². The third-order valence-electron chi connectivity index (χ3n) is 0.668. The summed E-state index contributed by atoms with van der Waals surface area (Å²) in [5.74, 6) is 0. The van der Waals surface area contributed by atoms with Crippen LogP contribution >= 0.6 is 0 Å². The SMILES string of the molecule is C.C.C.C.CC[I-]C(C)[I-]C. The second kappa shape index (κ2) is 22.5. The summed E-state index contributed by atoms with van der Waals surface area (Å²) in [6, 6.07) is 0. The zero-order valence-electron chi connectivity index (χ0n) is 5.04. The minimum atomic E-state index is 0. The van der Waals surface area contributed by atoms with Gasteiger partial charge in [-0.2, -0.15) is 0 Å². The van der Waals surface area contributed by atoms with E-state index in [1.54, 1.807) is 0 Å². The molecule has 0 N–H and O–H groups in total. The van der Waals surface area contributed by atoms with Gasteiger partial charge in [0.2, 0.25) is 0 Å². The Hall–Kier alpha value is 1.46. The Balaban J connectivity index is -0.0000000300. The quantitative estimate of drug-likeness (QED) is 0.376. The van der Waals surface area contributed by atoms with Gasteiger partial charge in [0.05, 0.1) is 0 Å². The molecule has 2 heteroatoms. The third kappa shape index (κ3) is 24.6. The molecule has 0 aromatic rings. The second-order valence-electron chi connectivity index (χ2n) is 1.16. The molecule has 0 aromatic heterocycles. The molecule has 0 heterocycles. The van der Waals surface area contributed by atoms with Gasteiger partial charge in [0, 0.05) is 0 Å². The van der Waals surface area contributed by atoms with Crippen LogP contribution in [0.4, 0.5) is 0 Å². The molecular formula is C9H28I2-2. The van der Waals surface area contributed by atoms with Gasteiger partial charge in [-0.05, 0) is 0 Å². The molecule has 11 heavy (non-hydrogen) atoms. The zero-order chi connectivity index (χ0) is 5.70. The van der Waals surface area contributed by atoms with E-state index < -0.39 is 0 Å². The third-order valence-corrected chi connectivity index (χ3v) is 9.87. The molecule has 0 aromatic carbocycles. The molecule has 80 valence electrons. The average molecular weight is 390 g/mol. The fourth-order valence-corrected chi connectivity index (χ4v) is 6.28.